The Bertz CT molecular complexity index is 1600. The van der Waals surface area contributed by atoms with Crippen molar-refractivity contribution >= 4 is 57.2 Å². The van der Waals surface area contributed by atoms with Gasteiger partial charge in [-0.1, -0.05) is 23.2 Å². The van der Waals surface area contributed by atoms with E-state index in [-0.39, 0.29) is 32.7 Å². The lowest BCUT2D eigenvalue weighted by Gasteiger charge is -2.15. The minimum atomic E-state index is -5.31. The Kier molecular flexibility index (Phi) is 9.66. The molecule has 1 unspecified atom stereocenters. The summed E-state index contributed by atoms with van der Waals surface area (Å²) < 4.78 is 91.9. The first-order chi connectivity index (χ1) is 19.0. The van der Waals surface area contributed by atoms with Gasteiger partial charge in [-0.15, -0.1) is 0 Å². The molecule has 3 aromatic rings. The van der Waals surface area contributed by atoms with Crippen molar-refractivity contribution in [1.29, 1.82) is 0 Å². The summed E-state index contributed by atoms with van der Waals surface area (Å²) in [5, 5.41) is 7.89. The second kappa shape index (κ2) is 12.4. The molecular formula is C22H16Cl2F6N6O4S. The number of amides is 3. The lowest BCUT2D eigenvalue weighted by Crippen LogP contribution is -2.29. The van der Waals surface area contributed by atoms with E-state index in [9.17, 15) is 44.9 Å². The van der Waals surface area contributed by atoms with Crippen molar-refractivity contribution < 1.29 is 44.9 Å². The molecule has 0 bridgehead atoms. The van der Waals surface area contributed by atoms with E-state index < -0.39 is 64.4 Å². The average molecular weight is 645 g/mol. The number of nitrogens with zero attached hydrogens (tertiary/aromatic N) is 4. The third kappa shape index (κ3) is 7.95. The molecule has 3 rings (SSSR count). The summed E-state index contributed by atoms with van der Waals surface area (Å²) >= 11 is 12.1. The molecule has 41 heavy (non-hydrogen) atoms. The van der Waals surface area contributed by atoms with E-state index in [1.165, 1.54) is 31.3 Å². The van der Waals surface area contributed by atoms with Gasteiger partial charge in [0.15, 0.2) is 11.5 Å². The van der Waals surface area contributed by atoms with E-state index in [2.05, 4.69) is 25.1 Å². The molecule has 220 valence electrons. The summed E-state index contributed by atoms with van der Waals surface area (Å²) in [5.74, 6) is -5.56. The van der Waals surface area contributed by atoms with Crippen molar-refractivity contribution in [2.75, 3.05) is 17.6 Å². The number of pyridine rings is 1. The molecule has 1 atom stereocenters. The van der Waals surface area contributed by atoms with Crippen LogP contribution in [0.4, 0.5) is 32.0 Å². The zero-order valence-corrected chi connectivity index (χ0v) is 22.7. The van der Waals surface area contributed by atoms with Gasteiger partial charge < -0.3 is 10.6 Å². The van der Waals surface area contributed by atoms with Crippen LogP contribution in [-0.2, 0) is 21.6 Å². The smallest absolute Gasteiger partial charge is 0.351 e. The number of halogens is 8. The summed E-state index contributed by atoms with van der Waals surface area (Å²) in [6.07, 6.45) is -9.04. The maximum Gasteiger partial charge on any atom is 0.474 e. The molecule has 19 heteroatoms. The quantitative estimate of drug-likeness (QED) is 0.253. The number of benzene rings is 1. The molecule has 0 saturated carbocycles. The summed E-state index contributed by atoms with van der Waals surface area (Å²) in [7, 11) is -3.01. The first kappa shape index (κ1) is 31.8. The van der Waals surface area contributed by atoms with Crippen molar-refractivity contribution in [2.24, 2.45) is 4.36 Å². The molecule has 2 N–H and O–H groups in total. The van der Waals surface area contributed by atoms with Crippen LogP contribution in [0.2, 0.25) is 10.0 Å². The minimum Gasteiger partial charge on any atom is -0.351 e. The monoisotopic (exact) mass is 644 g/mol. The average Bonchev–Trinajstić information content (AvgIpc) is 3.31. The van der Waals surface area contributed by atoms with Gasteiger partial charge in [-0.2, -0.15) is 35.8 Å². The molecule has 1 aromatic carbocycles. The van der Waals surface area contributed by atoms with Crippen LogP contribution in [0.5, 0.6) is 0 Å². The van der Waals surface area contributed by atoms with Crippen LogP contribution in [0.25, 0.3) is 5.82 Å². The molecule has 3 amide bonds. The molecule has 0 spiro atoms. The fourth-order valence-electron chi connectivity index (χ4n) is 3.21. The predicted octanol–water partition coefficient (Wildman–Crippen LogP) is 4.64. The lowest BCUT2D eigenvalue weighted by molar-refractivity contribution is -0.169. The van der Waals surface area contributed by atoms with Gasteiger partial charge in [0.1, 0.15) is 5.69 Å². The van der Waals surface area contributed by atoms with Crippen LogP contribution in [0.3, 0.4) is 0 Å². The predicted molar refractivity (Wildman–Crippen MR) is 136 cm³/mol. The molecule has 2 heterocycles. The molecule has 0 aliphatic carbocycles. The Labute approximate surface area is 238 Å². The zero-order valence-electron chi connectivity index (χ0n) is 20.3. The van der Waals surface area contributed by atoms with E-state index in [0.717, 1.165) is 6.07 Å². The second-order valence-corrected chi connectivity index (χ2v) is 10.2. The van der Waals surface area contributed by atoms with Gasteiger partial charge in [0, 0.05) is 40.2 Å². The third-order valence-corrected chi connectivity index (χ3v) is 6.51. The standard InChI is InChI=1S/C22H16Cl2F6N6O4S/c1-10-7-11(23)8-12(18(37)32-5-6-41(40)35-20(39)22(28,29)30)16(10)33-19(38)14-9-15(21(25,26)27)34-36(14)17-13(24)3-2-4-31-17/h2-4,7-9,41H,5-6H2,1H3,(H,32,37)(H,33,38). The number of carbonyl (C=O) groups excluding carboxylic acids is 3. The molecule has 0 aliphatic heterocycles. The number of aryl methyl sites for hydroxylation is 1. The van der Waals surface area contributed by atoms with Crippen LogP contribution in [0.15, 0.2) is 40.9 Å². The third-order valence-electron chi connectivity index (χ3n) is 4.99. The van der Waals surface area contributed by atoms with Gasteiger partial charge in [0.2, 0.25) is 0 Å². The van der Waals surface area contributed by atoms with Crippen molar-refractivity contribution in [3.05, 3.63) is 69.1 Å². The Morgan fingerprint density at radius 2 is 1.76 bits per heavy atom. The molecule has 0 saturated heterocycles. The summed E-state index contributed by atoms with van der Waals surface area (Å²) in [4.78, 5) is 40.7. The first-order valence-electron chi connectivity index (χ1n) is 10.9. The van der Waals surface area contributed by atoms with Crippen LogP contribution in [0.1, 0.15) is 32.1 Å². The maximum absolute atomic E-state index is 13.4. The molecule has 2 aromatic heterocycles. The maximum atomic E-state index is 13.4. The highest BCUT2D eigenvalue weighted by Crippen LogP contribution is 2.32. The van der Waals surface area contributed by atoms with Gasteiger partial charge in [-0.25, -0.2) is 9.67 Å². The fourth-order valence-corrected chi connectivity index (χ4v) is 4.40. The van der Waals surface area contributed by atoms with Gasteiger partial charge in [-0.3, -0.25) is 18.6 Å². The van der Waals surface area contributed by atoms with E-state index in [1.807, 2.05) is 0 Å². The number of hydrogen-bond donors (Lipinski definition) is 3. The highest BCUT2D eigenvalue weighted by Gasteiger charge is 2.39. The normalized spacial score (nSPS) is 12.7. The Morgan fingerprint density at radius 3 is 2.37 bits per heavy atom. The zero-order chi connectivity index (χ0) is 30.7. The number of rotatable bonds is 7. The number of aromatic nitrogens is 3. The Balaban J connectivity index is 1.91. The molecule has 0 fully saturated rings. The van der Waals surface area contributed by atoms with Crippen molar-refractivity contribution in [3.63, 3.8) is 0 Å². The SMILES string of the molecule is Cc1cc(Cl)cc(C(=O)NCC/[SH](=O)=N\C(=O)C(F)(F)F)c1NC(=O)c1cc(C(F)(F)F)nn1-c1ncccc1Cl. The van der Waals surface area contributed by atoms with Gasteiger partial charge in [-0.05, 0) is 36.8 Å². The number of nitrogens with one attached hydrogen (secondary N) is 2. The number of hydrogen-bond acceptors (Lipinski definition) is 6. The van der Waals surface area contributed by atoms with Crippen molar-refractivity contribution in [2.45, 2.75) is 19.3 Å². The van der Waals surface area contributed by atoms with Gasteiger partial charge >= 0.3 is 18.3 Å². The van der Waals surface area contributed by atoms with E-state index >= 15 is 0 Å². The van der Waals surface area contributed by atoms with Crippen molar-refractivity contribution in [3.8, 4) is 5.82 Å². The molecule has 0 aliphatic rings. The molecule has 0 radical (unpaired) electrons. The minimum absolute atomic E-state index is 0.0205. The number of anilines is 1. The highest BCUT2D eigenvalue weighted by atomic mass is 35.5. The van der Waals surface area contributed by atoms with Crippen molar-refractivity contribution in [1.82, 2.24) is 20.1 Å². The largest absolute Gasteiger partial charge is 0.474 e. The number of thiol groups is 1. The fraction of sp³-hybridized carbons (Fsp3) is 0.227. The van der Waals surface area contributed by atoms with Crippen LogP contribution in [-0.4, -0.2) is 55.2 Å². The first-order valence-corrected chi connectivity index (χ1v) is 13.1. The van der Waals surface area contributed by atoms with E-state index in [0.29, 0.717) is 10.7 Å². The summed E-state index contributed by atoms with van der Waals surface area (Å²) in [6, 6.07) is 5.60. The van der Waals surface area contributed by atoms with Gasteiger partial charge in [0.25, 0.3) is 11.8 Å². The molecular weight excluding hydrogens is 629 g/mol. The Hall–Kier alpha value is -3.70. The highest BCUT2D eigenvalue weighted by molar-refractivity contribution is 7.75. The van der Waals surface area contributed by atoms with Crippen LogP contribution < -0.4 is 10.6 Å². The van der Waals surface area contributed by atoms with E-state index in [1.54, 1.807) is 0 Å². The summed E-state index contributed by atoms with van der Waals surface area (Å²) in [6.45, 7) is 0.923. The molecule has 10 nitrogen and oxygen atoms in total. The van der Waals surface area contributed by atoms with Crippen LogP contribution >= 0.6 is 23.2 Å². The second-order valence-electron chi connectivity index (χ2n) is 7.97. The number of carbonyl (C=O) groups is 3. The Morgan fingerprint density at radius 1 is 1.07 bits per heavy atom. The van der Waals surface area contributed by atoms with Gasteiger partial charge in [0.05, 0.1) is 16.3 Å². The lowest BCUT2D eigenvalue weighted by atomic mass is 10.1. The summed E-state index contributed by atoms with van der Waals surface area (Å²) in [5.41, 5.74) is -2.36. The van der Waals surface area contributed by atoms with E-state index in [4.69, 9.17) is 23.2 Å². The van der Waals surface area contributed by atoms with Crippen LogP contribution in [0, 0.1) is 6.92 Å². The topological polar surface area (TPSA) is 135 Å². The number of alkyl halides is 6.